The van der Waals surface area contributed by atoms with Gasteiger partial charge in [-0.25, -0.2) is 4.98 Å². The Bertz CT molecular complexity index is 729. The highest BCUT2D eigenvalue weighted by Gasteiger charge is 2.28. The molecule has 6 heteroatoms. The summed E-state index contributed by atoms with van der Waals surface area (Å²) in [6.07, 6.45) is 3.89. The lowest BCUT2D eigenvalue weighted by Crippen LogP contribution is -2.39. The van der Waals surface area contributed by atoms with Crippen molar-refractivity contribution < 1.29 is 4.79 Å². The molecule has 5 nitrogen and oxygen atoms in total. The van der Waals surface area contributed by atoms with Crippen molar-refractivity contribution in [3.8, 4) is 0 Å². The molecule has 0 bridgehead atoms. The molecule has 1 fully saturated rings. The van der Waals surface area contributed by atoms with E-state index in [1.807, 2.05) is 43.5 Å². The monoisotopic (exact) mass is 342 g/mol. The summed E-state index contributed by atoms with van der Waals surface area (Å²) in [6, 6.07) is 9.77. The zero-order chi connectivity index (χ0) is 17.1. The van der Waals surface area contributed by atoms with Crippen LogP contribution in [0.5, 0.6) is 0 Å². The number of aryl methyl sites for hydroxylation is 1. The van der Waals surface area contributed by atoms with Crippen LogP contribution in [0.15, 0.2) is 35.2 Å². The highest BCUT2D eigenvalue weighted by Crippen LogP contribution is 2.28. The molecule has 1 unspecified atom stereocenters. The van der Waals surface area contributed by atoms with Crippen LogP contribution in [0.3, 0.4) is 0 Å². The Morgan fingerprint density at radius 1 is 1.33 bits per heavy atom. The Labute approximate surface area is 146 Å². The Balaban J connectivity index is 1.81. The normalized spacial score (nSPS) is 17.8. The lowest BCUT2D eigenvalue weighted by molar-refractivity contribution is 0.0904. The fourth-order valence-corrected chi connectivity index (χ4v) is 3.81. The topological polar surface area (TPSA) is 72.1 Å². The molecule has 1 aliphatic heterocycles. The van der Waals surface area contributed by atoms with Crippen molar-refractivity contribution in [1.82, 2.24) is 9.97 Å². The minimum atomic E-state index is -0.0106. The summed E-state index contributed by atoms with van der Waals surface area (Å²) in [7, 11) is 0. The number of thioether (sulfide) groups is 1. The van der Waals surface area contributed by atoms with Crippen LogP contribution in [-0.4, -0.2) is 35.1 Å². The molecule has 126 valence electrons. The Morgan fingerprint density at radius 2 is 2.12 bits per heavy atom. The van der Waals surface area contributed by atoms with Gasteiger partial charge in [0.25, 0.3) is 0 Å². The molecule has 0 aliphatic carbocycles. The van der Waals surface area contributed by atoms with E-state index >= 15 is 0 Å². The number of piperidine rings is 1. The van der Waals surface area contributed by atoms with Crippen molar-refractivity contribution in [3.05, 3.63) is 41.6 Å². The molecule has 1 aliphatic rings. The maximum Gasteiger partial charge on any atom is 0.222 e. The van der Waals surface area contributed by atoms with Gasteiger partial charge >= 0.3 is 0 Å². The molecular weight excluding hydrogens is 320 g/mol. The van der Waals surface area contributed by atoms with Crippen LogP contribution < -0.4 is 10.6 Å². The van der Waals surface area contributed by atoms with Crippen molar-refractivity contribution in [3.63, 3.8) is 0 Å². The number of hydrogen-bond acceptors (Lipinski definition) is 6. The molecular formula is C18H22N4OS. The van der Waals surface area contributed by atoms with Crippen molar-refractivity contribution >= 4 is 29.3 Å². The summed E-state index contributed by atoms with van der Waals surface area (Å²) >= 11 is 1.62. The number of benzene rings is 1. The van der Waals surface area contributed by atoms with E-state index in [1.54, 1.807) is 11.8 Å². The van der Waals surface area contributed by atoms with Gasteiger partial charge in [-0.1, -0.05) is 18.2 Å². The minimum Gasteiger partial charge on any atom is -0.368 e. The predicted molar refractivity (Wildman–Crippen MR) is 98.7 cm³/mol. The number of carbonyl (C=O) groups is 1. The third-order valence-electron chi connectivity index (χ3n) is 4.35. The predicted octanol–water partition coefficient (Wildman–Crippen LogP) is 3.19. The number of anilines is 2. The Morgan fingerprint density at radius 3 is 2.88 bits per heavy atom. The first-order valence-electron chi connectivity index (χ1n) is 8.12. The first-order valence-corrected chi connectivity index (χ1v) is 9.34. The summed E-state index contributed by atoms with van der Waals surface area (Å²) in [5, 5.41) is 0. The molecule has 1 aromatic carbocycles. The molecule has 3 rings (SSSR count). The van der Waals surface area contributed by atoms with Crippen molar-refractivity contribution in [2.75, 3.05) is 30.0 Å². The van der Waals surface area contributed by atoms with Crippen LogP contribution in [0.25, 0.3) is 0 Å². The van der Waals surface area contributed by atoms with E-state index in [1.165, 1.54) is 0 Å². The smallest absolute Gasteiger partial charge is 0.222 e. The second-order valence-corrected chi connectivity index (χ2v) is 6.92. The van der Waals surface area contributed by atoms with E-state index in [0.29, 0.717) is 6.54 Å². The highest BCUT2D eigenvalue weighted by molar-refractivity contribution is 7.98. The number of rotatable bonds is 4. The fraction of sp³-hybridized carbons (Fsp3) is 0.389. The standard InChI is InChI=1S/C18H22N4OS/c1-12-10-16(21-18(19)20-12)22-9-5-6-13(11-22)17(23)14-7-3-4-8-15(14)24-2/h3-4,7-8,10,13H,5-6,9,11H2,1-2H3,(H2,19,20,21). The second kappa shape index (κ2) is 7.21. The van der Waals surface area contributed by atoms with Gasteiger partial charge in [0, 0.05) is 41.2 Å². The number of carbonyl (C=O) groups excluding carboxylic acids is 1. The second-order valence-electron chi connectivity index (χ2n) is 6.08. The minimum absolute atomic E-state index is 0.0106. The first-order chi connectivity index (χ1) is 11.6. The van der Waals surface area contributed by atoms with Crippen LogP contribution in [0.2, 0.25) is 0 Å². The third-order valence-corrected chi connectivity index (χ3v) is 5.14. The summed E-state index contributed by atoms with van der Waals surface area (Å²) in [5.74, 6) is 1.31. The summed E-state index contributed by atoms with van der Waals surface area (Å²) < 4.78 is 0. The van der Waals surface area contributed by atoms with Gasteiger partial charge in [-0.3, -0.25) is 4.79 Å². The summed E-state index contributed by atoms with van der Waals surface area (Å²) in [5.41, 5.74) is 7.45. The van der Waals surface area contributed by atoms with Crippen LogP contribution in [-0.2, 0) is 0 Å². The maximum absolute atomic E-state index is 13.0. The fourth-order valence-electron chi connectivity index (χ4n) is 3.20. The van der Waals surface area contributed by atoms with E-state index in [-0.39, 0.29) is 17.6 Å². The molecule has 2 N–H and O–H groups in total. The molecule has 0 spiro atoms. The molecule has 1 saturated heterocycles. The van der Waals surface area contributed by atoms with Crippen LogP contribution in [0.1, 0.15) is 28.9 Å². The van der Waals surface area contributed by atoms with Gasteiger partial charge in [0.15, 0.2) is 5.78 Å². The first kappa shape index (κ1) is 16.8. The molecule has 2 heterocycles. The van der Waals surface area contributed by atoms with Crippen LogP contribution in [0, 0.1) is 12.8 Å². The quantitative estimate of drug-likeness (QED) is 0.679. The molecule has 0 radical (unpaired) electrons. The SMILES string of the molecule is CSc1ccccc1C(=O)C1CCCN(c2cc(C)nc(N)n2)C1. The van der Waals surface area contributed by atoms with E-state index in [0.717, 1.165) is 41.4 Å². The van der Waals surface area contributed by atoms with Gasteiger partial charge in [-0.05, 0) is 32.1 Å². The number of Topliss-reactive ketones (excluding diaryl/α,β-unsaturated/α-hetero) is 1. The van der Waals surface area contributed by atoms with Gasteiger partial charge < -0.3 is 10.6 Å². The van der Waals surface area contributed by atoms with Crippen molar-refractivity contribution in [2.45, 2.75) is 24.7 Å². The maximum atomic E-state index is 13.0. The number of ketones is 1. The van der Waals surface area contributed by atoms with E-state index in [2.05, 4.69) is 14.9 Å². The van der Waals surface area contributed by atoms with Gasteiger partial charge in [0.2, 0.25) is 5.95 Å². The molecule has 0 saturated carbocycles. The Hall–Kier alpha value is -2.08. The summed E-state index contributed by atoms with van der Waals surface area (Å²) in [6.45, 7) is 3.48. The van der Waals surface area contributed by atoms with Gasteiger partial charge in [0.05, 0.1) is 0 Å². The number of nitrogens with zero attached hydrogens (tertiary/aromatic N) is 3. The van der Waals surface area contributed by atoms with Crippen LogP contribution in [0.4, 0.5) is 11.8 Å². The van der Waals surface area contributed by atoms with E-state index < -0.39 is 0 Å². The van der Waals surface area contributed by atoms with Gasteiger partial charge in [-0.15, -0.1) is 11.8 Å². The molecule has 1 aromatic heterocycles. The molecule has 24 heavy (non-hydrogen) atoms. The van der Waals surface area contributed by atoms with Crippen molar-refractivity contribution in [1.29, 1.82) is 0 Å². The lowest BCUT2D eigenvalue weighted by Gasteiger charge is -2.33. The number of nitrogen functional groups attached to an aromatic ring is 1. The Kier molecular flexibility index (Phi) is 5.04. The third kappa shape index (κ3) is 3.53. The largest absolute Gasteiger partial charge is 0.368 e. The van der Waals surface area contributed by atoms with E-state index in [4.69, 9.17) is 5.73 Å². The van der Waals surface area contributed by atoms with Crippen molar-refractivity contribution in [2.24, 2.45) is 5.92 Å². The van der Waals surface area contributed by atoms with Gasteiger partial charge in [0.1, 0.15) is 5.82 Å². The zero-order valence-corrected chi connectivity index (χ0v) is 14.8. The van der Waals surface area contributed by atoms with Gasteiger partial charge in [-0.2, -0.15) is 4.98 Å². The zero-order valence-electron chi connectivity index (χ0n) is 14.0. The molecule has 1 atom stereocenters. The number of aromatic nitrogens is 2. The number of nitrogens with two attached hydrogens (primary N) is 1. The molecule has 2 aromatic rings. The number of hydrogen-bond donors (Lipinski definition) is 1. The summed E-state index contributed by atoms with van der Waals surface area (Å²) in [4.78, 5) is 24.6. The molecule has 0 amide bonds. The average Bonchev–Trinajstić information content (AvgIpc) is 2.60. The lowest BCUT2D eigenvalue weighted by atomic mass is 9.90. The highest BCUT2D eigenvalue weighted by atomic mass is 32.2. The van der Waals surface area contributed by atoms with E-state index in [9.17, 15) is 4.79 Å². The average molecular weight is 342 g/mol. The van der Waals surface area contributed by atoms with Crippen LogP contribution >= 0.6 is 11.8 Å².